The lowest BCUT2D eigenvalue weighted by molar-refractivity contribution is -0.112. The predicted molar refractivity (Wildman–Crippen MR) is 57.4 cm³/mol. The Morgan fingerprint density at radius 3 is 2.71 bits per heavy atom. The Balaban J connectivity index is 3.04. The normalized spacial score (nSPS) is 10.5. The van der Waals surface area contributed by atoms with Crippen molar-refractivity contribution in [3.63, 3.8) is 0 Å². The molecular formula is C12H14O2. The van der Waals surface area contributed by atoms with Crippen LogP contribution < -0.4 is 4.74 Å². The number of allylic oxidation sites excluding steroid dienone is 1. The lowest BCUT2D eigenvalue weighted by atomic mass is 10.1. The van der Waals surface area contributed by atoms with Gasteiger partial charge in [-0.05, 0) is 38.1 Å². The van der Waals surface area contributed by atoms with E-state index in [-0.39, 0.29) is 5.78 Å². The largest absolute Gasteiger partial charge is 0.496 e. The van der Waals surface area contributed by atoms with Gasteiger partial charge in [0, 0.05) is 5.56 Å². The number of aryl methyl sites for hydroxylation is 1. The average molecular weight is 190 g/mol. The Hall–Kier alpha value is -1.57. The predicted octanol–water partition coefficient (Wildman–Crippen LogP) is 2.61. The molecule has 0 unspecified atom stereocenters. The minimum absolute atomic E-state index is 0.0357. The van der Waals surface area contributed by atoms with Crippen molar-refractivity contribution in [2.45, 2.75) is 13.8 Å². The molecule has 0 N–H and O–H groups in total. The Bertz CT molecular complexity index is 365. The van der Waals surface area contributed by atoms with Gasteiger partial charge in [-0.1, -0.05) is 11.6 Å². The van der Waals surface area contributed by atoms with Crippen LogP contribution in [0.1, 0.15) is 18.1 Å². The molecule has 1 rings (SSSR count). The molecule has 2 heteroatoms. The van der Waals surface area contributed by atoms with Crippen LogP contribution in [0.2, 0.25) is 0 Å². The second-order valence-corrected chi connectivity index (χ2v) is 3.19. The number of benzene rings is 1. The number of carbonyl (C=O) groups excluding carboxylic acids is 1. The molecular weight excluding hydrogens is 176 g/mol. The van der Waals surface area contributed by atoms with E-state index < -0.39 is 0 Å². The van der Waals surface area contributed by atoms with Gasteiger partial charge >= 0.3 is 0 Å². The van der Waals surface area contributed by atoms with E-state index in [0.29, 0.717) is 0 Å². The second kappa shape index (κ2) is 4.61. The van der Waals surface area contributed by atoms with Gasteiger partial charge in [0.05, 0.1) is 7.11 Å². The fraction of sp³-hybridized carbons (Fsp3) is 0.250. The lowest BCUT2D eigenvalue weighted by Crippen LogP contribution is -1.88. The van der Waals surface area contributed by atoms with Crippen LogP contribution in [-0.4, -0.2) is 12.9 Å². The third kappa shape index (κ3) is 2.73. The number of hydrogen-bond acceptors (Lipinski definition) is 2. The molecule has 0 aromatic heterocycles. The van der Waals surface area contributed by atoms with Gasteiger partial charge in [-0.15, -0.1) is 0 Å². The summed E-state index contributed by atoms with van der Waals surface area (Å²) < 4.78 is 5.17. The van der Waals surface area contributed by atoms with E-state index >= 15 is 0 Å². The van der Waals surface area contributed by atoms with Crippen molar-refractivity contribution in [1.82, 2.24) is 0 Å². The van der Waals surface area contributed by atoms with Crippen LogP contribution in [-0.2, 0) is 4.79 Å². The molecule has 0 spiro atoms. The summed E-state index contributed by atoms with van der Waals surface area (Å²) in [7, 11) is 1.62. The standard InChI is InChI=1S/C12H14O2/c1-9-4-7-12(14-3)11(8-9)6-5-10(2)13/h4-8H,1-3H3/b6-5+. The summed E-state index contributed by atoms with van der Waals surface area (Å²) in [6, 6.07) is 5.86. The van der Waals surface area contributed by atoms with Crippen molar-refractivity contribution in [2.75, 3.05) is 7.11 Å². The monoisotopic (exact) mass is 190 g/mol. The Kier molecular flexibility index (Phi) is 3.46. The Morgan fingerprint density at radius 1 is 1.43 bits per heavy atom. The first kappa shape index (κ1) is 10.5. The summed E-state index contributed by atoms with van der Waals surface area (Å²) in [6.45, 7) is 3.53. The molecule has 74 valence electrons. The maximum absolute atomic E-state index is 10.8. The van der Waals surface area contributed by atoms with E-state index in [1.165, 1.54) is 13.0 Å². The fourth-order valence-electron chi connectivity index (χ4n) is 1.19. The molecule has 0 aliphatic carbocycles. The van der Waals surface area contributed by atoms with Crippen molar-refractivity contribution in [3.8, 4) is 5.75 Å². The molecule has 0 aliphatic heterocycles. The molecule has 0 saturated heterocycles. The van der Waals surface area contributed by atoms with Gasteiger partial charge in [0.2, 0.25) is 0 Å². The van der Waals surface area contributed by atoms with Crippen LogP contribution in [0, 0.1) is 6.92 Å². The van der Waals surface area contributed by atoms with E-state index in [2.05, 4.69) is 0 Å². The van der Waals surface area contributed by atoms with Gasteiger partial charge in [0.1, 0.15) is 5.75 Å². The van der Waals surface area contributed by atoms with Crippen molar-refractivity contribution >= 4 is 11.9 Å². The maximum atomic E-state index is 10.8. The fourth-order valence-corrected chi connectivity index (χ4v) is 1.19. The van der Waals surface area contributed by atoms with E-state index in [9.17, 15) is 4.79 Å². The van der Waals surface area contributed by atoms with Gasteiger partial charge in [0.25, 0.3) is 0 Å². The summed E-state index contributed by atoms with van der Waals surface area (Å²) in [6.07, 6.45) is 3.31. The molecule has 0 amide bonds. The lowest BCUT2D eigenvalue weighted by Gasteiger charge is -2.04. The third-order valence-corrected chi connectivity index (χ3v) is 1.88. The molecule has 0 saturated carbocycles. The molecule has 0 atom stereocenters. The van der Waals surface area contributed by atoms with E-state index in [1.807, 2.05) is 25.1 Å². The van der Waals surface area contributed by atoms with Gasteiger partial charge in [-0.2, -0.15) is 0 Å². The summed E-state index contributed by atoms with van der Waals surface area (Å²) >= 11 is 0. The van der Waals surface area contributed by atoms with E-state index in [1.54, 1.807) is 13.2 Å². The van der Waals surface area contributed by atoms with Gasteiger partial charge < -0.3 is 4.74 Å². The highest BCUT2D eigenvalue weighted by atomic mass is 16.5. The minimum atomic E-state index is 0.0357. The first-order valence-electron chi connectivity index (χ1n) is 4.47. The highest BCUT2D eigenvalue weighted by Crippen LogP contribution is 2.20. The third-order valence-electron chi connectivity index (χ3n) is 1.88. The summed E-state index contributed by atoms with van der Waals surface area (Å²) in [5.41, 5.74) is 2.08. The number of ether oxygens (including phenoxy) is 1. The smallest absolute Gasteiger partial charge is 0.152 e. The first-order chi connectivity index (χ1) is 6.63. The van der Waals surface area contributed by atoms with Gasteiger partial charge in [0.15, 0.2) is 5.78 Å². The average Bonchev–Trinajstić information content (AvgIpc) is 2.15. The van der Waals surface area contributed by atoms with Gasteiger partial charge in [-0.3, -0.25) is 4.79 Å². The van der Waals surface area contributed by atoms with Crippen LogP contribution in [0.3, 0.4) is 0 Å². The van der Waals surface area contributed by atoms with E-state index in [4.69, 9.17) is 4.74 Å². The first-order valence-corrected chi connectivity index (χ1v) is 4.47. The SMILES string of the molecule is COc1ccc(C)cc1/C=C/C(C)=O. The highest BCUT2D eigenvalue weighted by molar-refractivity contribution is 5.91. The molecule has 0 aliphatic rings. The molecule has 14 heavy (non-hydrogen) atoms. The number of methoxy groups -OCH3 is 1. The van der Waals surface area contributed by atoms with Crippen LogP contribution in [0.15, 0.2) is 24.3 Å². The zero-order valence-electron chi connectivity index (χ0n) is 8.70. The maximum Gasteiger partial charge on any atom is 0.152 e. The second-order valence-electron chi connectivity index (χ2n) is 3.19. The number of rotatable bonds is 3. The zero-order valence-corrected chi connectivity index (χ0v) is 8.70. The zero-order chi connectivity index (χ0) is 10.6. The van der Waals surface area contributed by atoms with Crippen LogP contribution in [0.25, 0.3) is 6.08 Å². The Morgan fingerprint density at radius 2 is 2.14 bits per heavy atom. The number of carbonyl (C=O) groups is 1. The summed E-state index contributed by atoms with van der Waals surface area (Å²) in [5, 5.41) is 0. The molecule has 0 fully saturated rings. The summed E-state index contributed by atoms with van der Waals surface area (Å²) in [5.74, 6) is 0.821. The minimum Gasteiger partial charge on any atom is -0.496 e. The molecule has 1 aromatic rings. The van der Waals surface area contributed by atoms with Gasteiger partial charge in [-0.25, -0.2) is 0 Å². The molecule has 0 heterocycles. The van der Waals surface area contributed by atoms with Crippen LogP contribution in [0.5, 0.6) is 5.75 Å². The van der Waals surface area contributed by atoms with Crippen molar-refractivity contribution < 1.29 is 9.53 Å². The summed E-state index contributed by atoms with van der Waals surface area (Å²) in [4.78, 5) is 10.8. The van der Waals surface area contributed by atoms with Crippen molar-refractivity contribution in [2.24, 2.45) is 0 Å². The quantitative estimate of drug-likeness (QED) is 0.685. The molecule has 1 aromatic carbocycles. The highest BCUT2D eigenvalue weighted by Gasteiger charge is 1.98. The number of hydrogen-bond donors (Lipinski definition) is 0. The molecule has 2 nitrogen and oxygen atoms in total. The van der Waals surface area contributed by atoms with Crippen molar-refractivity contribution in [1.29, 1.82) is 0 Å². The van der Waals surface area contributed by atoms with Crippen LogP contribution >= 0.6 is 0 Å². The van der Waals surface area contributed by atoms with E-state index in [0.717, 1.165) is 16.9 Å². The van der Waals surface area contributed by atoms with Crippen LogP contribution in [0.4, 0.5) is 0 Å². The topological polar surface area (TPSA) is 26.3 Å². The number of ketones is 1. The Labute approximate surface area is 84.2 Å². The molecule has 0 radical (unpaired) electrons. The molecule has 0 bridgehead atoms. The van der Waals surface area contributed by atoms with Crippen molar-refractivity contribution in [3.05, 3.63) is 35.4 Å².